The van der Waals surface area contributed by atoms with Crippen molar-refractivity contribution < 1.29 is 4.79 Å². The fourth-order valence-corrected chi connectivity index (χ4v) is 2.42. The molecule has 0 bridgehead atoms. The molecule has 1 aromatic heterocycles. The minimum absolute atomic E-state index is 0.0336. The van der Waals surface area contributed by atoms with E-state index in [9.17, 15) is 4.79 Å². The third-order valence-corrected chi connectivity index (χ3v) is 4.10. The molecule has 0 aliphatic heterocycles. The number of carbonyl (C=O) groups excluding carboxylic acids is 1. The number of amides is 1. The molecule has 0 spiro atoms. The van der Waals surface area contributed by atoms with Gasteiger partial charge in [-0.25, -0.2) is 0 Å². The van der Waals surface area contributed by atoms with Crippen LogP contribution in [0, 0.1) is 13.8 Å². The van der Waals surface area contributed by atoms with Crippen molar-refractivity contribution in [3.8, 4) is 0 Å². The van der Waals surface area contributed by atoms with Crippen molar-refractivity contribution in [1.82, 2.24) is 15.1 Å². The van der Waals surface area contributed by atoms with Gasteiger partial charge in [0.05, 0.1) is 16.4 Å². The second-order valence-electron chi connectivity index (χ2n) is 5.21. The number of nitrogens with zero attached hydrogens (tertiary/aromatic N) is 2. The van der Waals surface area contributed by atoms with Crippen molar-refractivity contribution in [2.75, 3.05) is 6.54 Å². The zero-order chi connectivity index (χ0) is 15.1. The summed E-state index contributed by atoms with van der Waals surface area (Å²) in [4.78, 5) is 12.3. The van der Waals surface area contributed by atoms with Crippen molar-refractivity contribution in [1.29, 1.82) is 0 Å². The van der Waals surface area contributed by atoms with E-state index in [1.807, 2.05) is 20.8 Å². The lowest BCUT2D eigenvalue weighted by Gasteiger charge is -2.17. The van der Waals surface area contributed by atoms with Gasteiger partial charge >= 0.3 is 0 Å². The number of hydrogen-bond acceptors (Lipinski definition) is 2. The van der Waals surface area contributed by atoms with Gasteiger partial charge in [0.25, 0.3) is 0 Å². The number of aryl methyl sites for hydroxylation is 1. The molecule has 0 radical (unpaired) electrons. The number of carbonyl (C=O) groups is 1. The maximum atomic E-state index is 12.3. The summed E-state index contributed by atoms with van der Waals surface area (Å²) in [6.45, 7) is 8.67. The van der Waals surface area contributed by atoms with Gasteiger partial charge in [-0.05, 0) is 26.7 Å². The van der Waals surface area contributed by atoms with Crippen LogP contribution in [0.4, 0.5) is 0 Å². The Labute approximate surface area is 126 Å². The molecule has 114 valence electrons. The Morgan fingerprint density at radius 2 is 2.00 bits per heavy atom. The van der Waals surface area contributed by atoms with Crippen LogP contribution in [0.2, 0.25) is 5.02 Å². The maximum Gasteiger partial charge on any atom is 0.244 e. The molecule has 0 aliphatic rings. The van der Waals surface area contributed by atoms with Crippen LogP contribution in [0.15, 0.2) is 0 Å². The maximum absolute atomic E-state index is 12.3. The molecule has 0 saturated heterocycles. The summed E-state index contributed by atoms with van der Waals surface area (Å²) in [5.74, 6) is 0.0336. The van der Waals surface area contributed by atoms with Crippen LogP contribution >= 0.6 is 11.6 Å². The average molecular weight is 300 g/mol. The molecule has 1 heterocycles. The number of hydrogen-bond donors (Lipinski definition) is 1. The molecule has 1 aromatic rings. The highest BCUT2D eigenvalue weighted by molar-refractivity contribution is 6.31. The Hall–Kier alpha value is -1.03. The summed E-state index contributed by atoms with van der Waals surface area (Å²) < 4.78 is 1.75. The van der Waals surface area contributed by atoms with Gasteiger partial charge < -0.3 is 5.32 Å². The van der Waals surface area contributed by atoms with Gasteiger partial charge in [-0.15, -0.1) is 0 Å². The van der Waals surface area contributed by atoms with Crippen LogP contribution in [-0.2, 0) is 4.79 Å². The van der Waals surface area contributed by atoms with Gasteiger partial charge in [0.1, 0.15) is 6.04 Å². The van der Waals surface area contributed by atoms with Gasteiger partial charge in [-0.3, -0.25) is 9.48 Å². The highest BCUT2D eigenvalue weighted by Gasteiger charge is 2.22. The Bertz CT molecular complexity index is 443. The zero-order valence-electron chi connectivity index (χ0n) is 13.0. The van der Waals surface area contributed by atoms with Crippen molar-refractivity contribution in [2.24, 2.45) is 0 Å². The van der Waals surface area contributed by atoms with Gasteiger partial charge in [0, 0.05) is 6.54 Å². The summed E-state index contributed by atoms with van der Waals surface area (Å²) in [6.07, 6.45) is 5.34. The number of rotatable bonds is 8. The topological polar surface area (TPSA) is 46.9 Å². The van der Waals surface area contributed by atoms with Crippen LogP contribution in [0.25, 0.3) is 0 Å². The third kappa shape index (κ3) is 4.23. The molecular formula is C15H26ClN3O. The van der Waals surface area contributed by atoms with E-state index in [0.29, 0.717) is 11.4 Å². The van der Waals surface area contributed by atoms with E-state index in [-0.39, 0.29) is 11.9 Å². The van der Waals surface area contributed by atoms with Crippen LogP contribution in [0.5, 0.6) is 0 Å². The first-order valence-electron chi connectivity index (χ1n) is 7.51. The molecule has 1 atom stereocenters. The fourth-order valence-electron chi connectivity index (χ4n) is 2.30. The monoisotopic (exact) mass is 299 g/mol. The zero-order valence-corrected chi connectivity index (χ0v) is 13.8. The predicted molar refractivity (Wildman–Crippen MR) is 83.2 cm³/mol. The van der Waals surface area contributed by atoms with Gasteiger partial charge in [0.2, 0.25) is 5.91 Å². The largest absolute Gasteiger partial charge is 0.354 e. The van der Waals surface area contributed by atoms with E-state index in [4.69, 9.17) is 11.6 Å². The van der Waals surface area contributed by atoms with Crippen LogP contribution in [0.1, 0.15) is 63.4 Å². The standard InChI is InChI=1S/C15H26ClN3O/c1-5-7-8-9-10-17-15(20)13(6-2)19-12(4)14(16)11(3)18-19/h13H,5-10H2,1-4H3,(H,17,20). The van der Waals surface area contributed by atoms with E-state index in [0.717, 1.165) is 24.4 Å². The summed E-state index contributed by atoms with van der Waals surface area (Å²) in [7, 11) is 0. The number of aromatic nitrogens is 2. The molecule has 20 heavy (non-hydrogen) atoms. The lowest BCUT2D eigenvalue weighted by atomic mass is 10.2. The highest BCUT2D eigenvalue weighted by Crippen LogP contribution is 2.23. The minimum Gasteiger partial charge on any atom is -0.354 e. The Morgan fingerprint density at radius 3 is 2.50 bits per heavy atom. The molecule has 1 unspecified atom stereocenters. The number of nitrogens with one attached hydrogen (secondary N) is 1. The Balaban J connectivity index is 2.61. The van der Waals surface area contributed by atoms with E-state index in [2.05, 4.69) is 17.3 Å². The normalized spacial score (nSPS) is 12.4. The Morgan fingerprint density at radius 1 is 1.30 bits per heavy atom. The van der Waals surface area contributed by atoms with Crippen molar-refractivity contribution in [2.45, 2.75) is 65.8 Å². The van der Waals surface area contributed by atoms with E-state index in [1.165, 1.54) is 19.3 Å². The Kier molecular flexibility index (Phi) is 7.06. The molecule has 0 fully saturated rings. The van der Waals surface area contributed by atoms with E-state index < -0.39 is 0 Å². The minimum atomic E-state index is -0.271. The lowest BCUT2D eigenvalue weighted by Crippen LogP contribution is -2.33. The molecule has 5 heteroatoms. The van der Waals surface area contributed by atoms with E-state index in [1.54, 1.807) is 4.68 Å². The molecule has 0 aromatic carbocycles. The quantitative estimate of drug-likeness (QED) is 0.742. The first kappa shape index (κ1) is 17.0. The smallest absolute Gasteiger partial charge is 0.244 e. The molecule has 1 N–H and O–H groups in total. The van der Waals surface area contributed by atoms with Crippen LogP contribution in [0.3, 0.4) is 0 Å². The second kappa shape index (κ2) is 8.30. The van der Waals surface area contributed by atoms with Crippen LogP contribution in [-0.4, -0.2) is 22.2 Å². The van der Waals surface area contributed by atoms with Crippen LogP contribution < -0.4 is 5.32 Å². The third-order valence-electron chi connectivity index (χ3n) is 3.55. The summed E-state index contributed by atoms with van der Waals surface area (Å²) in [5, 5.41) is 8.04. The summed E-state index contributed by atoms with van der Waals surface area (Å²) in [6, 6.07) is -0.271. The average Bonchev–Trinajstić information content (AvgIpc) is 2.67. The first-order valence-corrected chi connectivity index (χ1v) is 7.89. The number of unbranched alkanes of at least 4 members (excludes halogenated alkanes) is 3. The van der Waals surface area contributed by atoms with Gasteiger partial charge in [-0.2, -0.15) is 5.10 Å². The van der Waals surface area contributed by atoms with Gasteiger partial charge in [0.15, 0.2) is 0 Å². The number of halogens is 1. The summed E-state index contributed by atoms with van der Waals surface area (Å²) in [5.41, 5.74) is 1.63. The molecule has 1 rings (SSSR count). The van der Waals surface area contributed by atoms with Gasteiger partial charge in [-0.1, -0.05) is 44.7 Å². The molecule has 4 nitrogen and oxygen atoms in total. The fraction of sp³-hybridized carbons (Fsp3) is 0.733. The molecule has 0 saturated carbocycles. The SMILES string of the molecule is CCCCCCNC(=O)C(CC)n1nc(C)c(Cl)c1C. The van der Waals surface area contributed by atoms with Crippen molar-refractivity contribution >= 4 is 17.5 Å². The molecule has 0 aliphatic carbocycles. The second-order valence-corrected chi connectivity index (χ2v) is 5.58. The lowest BCUT2D eigenvalue weighted by molar-refractivity contribution is -0.124. The first-order chi connectivity index (χ1) is 9.52. The predicted octanol–water partition coefficient (Wildman–Crippen LogP) is 3.80. The summed E-state index contributed by atoms with van der Waals surface area (Å²) >= 11 is 6.15. The molecular weight excluding hydrogens is 274 g/mol. The van der Waals surface area contributed by atoms with Crippen molar-refractivity contribution in [3.05, 3.63) is 16.4 Å². The highest BCUT2D eigenvalue weighted by atomic mass is 35.5. The van der Waals surface area contributed by atoms with E-state index >= 15 is 0 Å². The van der Waals surface area contributed by atoms with Crippen molar-refractivity contribution in [3.63, 3.8) is 0 Å². The molecule has 1 amide bonds.